The number of aliphatic hydroxyl groups excluding tert-OH is 1. The van der Waals surface area contributed by atoms with Gasteiger partial charge in [0, 0.05) is 29.3 Å². The zero-order chi connectivity index (χ0) is 45.6. The Morgan fingerprint density at radius 3 is 2.07 bits per heavy atom. The Morgan fingerprint density at radius 2 is 1.56 bits per heavy atom. The molecule has 1 unspecified atom stereocenters. The van der Waals surface area contributed by atoms with Crippen LogP contribution in [0.25, 0.3) is 11.3 Å². The van der Waals surface area contributed by atoms with E-state index in [9.17, 15) is 27.9 Å². The fourth-order valence-corrected chi connectivity index (χ4v) is 8.05. The van der Waals surface area contributed by atoms with E-state index in [2.05, 4.69) is 4.98 Å². The Balaban J connectivity index is 1.44. The van der Waals surface area contributed by atoms with Crippen LogP contribution < -0.4 is 14.4 Å². The van der Waals surface area contributed by atoms with Crippen LogP contribution in [0.2, 0.25) is 5.15 Å². The standard InChI is InChI=1S/C43H46ClF5N4O6/c1-23-35(43(47,48)49)30(19-34(36(23)46)51(20-25-8-13-28(57-6)14-9-25)21-26-10-15-29(58-7)16-11-26)37-32(45)18-31(39(44)50-37)40(55)52-22-27-12-17-33(38(52)24(2)54)53(27)41(56)59-42(3,4)5/h8-11,13-16,18-19,24,27,33,38,54H,12,17,20-22H2,1-7H3/t24?,27-,33+,38+/m0/s1/i2D3. The van der Waals surface area contributed by atoms with Crippen LogP contribution in [0.15, 0.2) is 60.7 Å². The Morgan fingerprint density at radius 1 is 0.983 bits per heavy atom. The van der Waals surface area contributed by atoms with E-state index < -0.39 is 99.6 Å². The monoisotopic (exact) mass is 847 g/mol. The number of aromatic nitrogens is 1. The number of halogens is 6. The smallest absolute Gasteiger partial charge is 0.417 e. The molecule has 2 aliphatic rings. The number of amides is 2. The van der Waals surface area contributed by atoms with Crippen molar-refractivity contribution in [2.45, 2.75) is 96.5 Å². The summed E-state index contributed by atoms with van der Waals surface area (Å²) in [5.41, 5.74) is -4.80. The summed E-state index contributed by atoms with van der Waals surface area (Å²) < 4.78 is 118. The molecule has 2 aliphatic heterocycles. The lowest BCUT2D eigenvalue weighted by atomic mass is 9.95. The summed E-state index contributed by atoms with van der Waals surface area (Å²) in [4.78, 5) is 35.4. The molecule has 4 atom stereocenters. The van der Waals surface area contributed by atoms with Crippen molar-refractivity contribution >= 4 is 29.3 Å². The maximum absolute atomic E-state index is 16.6. The number of likely N-dealkylation sites (tertiary alicyclic amines) is 1. The lowest BCUT2D eigenvalue weighted by Gasteiger charge is -2.48. The lowest BCUT2D eigenvalue weighted by molar-refractivity contribution is -0.137. The Labute approximate surface area is 348 Å². The first-order valence-electron chi connectivity index (χ1n) is 20.2. The number of fused-ring (bicyclic) bond motifs is 2. The van der Waals surface area contributed by atoms with E-state index in [1.165, 1.54) is 24.0 Å². The van der Waals surface area contributed by atoms with E-state index in [0.717, 1.165) is 17.9 Å². The van der Waals surface area contributed by atoms with Crippen molar-refractivity contribution in [2.75, 3.05) is 25.7 Å². The minimum atomic E-state index is -5.23. The number of pyridine rings is 1. The largest absolute Gasteiger partial charge is 0.497 e. The average Bonchev–Trinajstić information content (AvgIpc) is 3.51. The molecule has 0 saturated carbocycles. The van der Waals surface area contributed by atoms with Crippen LogP contribution in [0, 0.1) is 18.6 Å². The van der Waals surface area contributed by atoms with E-state index in [4.69, 9.17) is 29.9 Å². The van der Waals surface area contributed by atoms with Gasteiger partial charge in [0.25, 0.3) is 5.91 Å². The van der Waals surface area contributed by atoms with E-state index >= 15 is 8.78 Å². The molecule has 1 N–H and O–H groups in total. The number of anilines is 1. The number of methoxy groups -OCH3 is 2. The molecule has 16 heteroatoms. The SMILES string of the molecule is [2H]C([2H])([2H])C(O)[C@@H]1[C@H]2CC[C@@H](CN1C(=O)c1cc(F)c(-c3cc(N(Cc4ccc(OC)cc4)Cc4ccc(OC)cc4)c(F)c(C)c3C(F)(F)F)nc1Cl)N2C(=O)OC(C)(C)C. The second-order valence-electron chi connectivity index (χ2n) is 15.5. The van der Waals surface area contributed by atoms with E-state index in [1.54, 1.807) is 69.3 Å². The zero-order valence-electron chi connectivity index (χ0n) is 36.2. The molecule has 2 amide bonds. The number of alkyl halides is 3. The summed E-state index contributed by atoms with van der Waals surface area (Å²) in [5.74, 6) is -2.66. The lowest BCUT2D eigenvalue weighted by Crippen LogP contribution is -2.65. The highest BCUT2D eigenvalue weighted by atomic mass is 35.5. The Hall–Kier alpha value is -5.15. The predicted octanol–water partition coefficient (Wildman–Crippen LogP) is 9.20. The van der Waals surface area contributed by atoms with Crippen LogP contribution >= 0.6 is 11.6 Å². The molecule has 59 heavy (non-hydrogen) atoms. The number of carbonyl (C=O) groups excluding carboxylic acids is 2. The second-order valence-corrected chi connectivity index (χ2v) is 15.9. The summed E-state index contributed by atoms with van der Waals surface area (Å²) in [6.45, 7) is 2.44. The third kappa shape index (κ3) is 9.05. The molecule has 2 bridgehead atoms. The molecule has 10 nitrogen and oxygen atoms in total. The van der Waals surface area contributed by atoms with Gasteiger partial charge in [-0.2, -0.15) is 13.2 Å². The molecule has 1 aromatic heterocycles. The maximum Gasteiger partial charge on any atom is 0.417 e. The summed E-state index contributed by atoms with van der Waals surface area (Å²) in [5, 5.41) is 10.4. The second kappa shape index (κ2) is 16.8. The molecule has 4 aromatic rings. The molecule has 0 aliphatic carbocycles. The average molecular weight is 848 g/mol. The topological polar surface area (TPSA) is 105 Å². The fraction of sp³-hybridized carbons (Fsp3) is 0.419. The number of carbonyl (C=O) groups is 2. The number of ether oxygens (including phenoxy) is 3. The van der Waals surface area contributed by atoms with Gasteiger partial charge in [-0.1, -0.05) is 35.9 Å². The van der Waals surface area contributed by atoms with Crippen LogP contribution in [0.5, 0.6) is 11.5 Å². The van der Waals surface area contributed by atoms with E-state index in [0.29, 0.717) is 35.1 Å². The highest BCUT2D eigenvalue weighted by Crippen LogP contribution is 2.45. The van der Waals surface area contributed by atoms with Crippen molar-refractivity contribution in [1.82, 2.24) is 14.8 Å². The van der Waals surface area contributed by atoms with Gasteiger partial charge in [-0.05, 0) is 100 Å². The molecule has 0 radical (unpaired) electrons. The van der Waals surface area contributed by atoms with Crippen molar-refractivity contribution in [1.29, 1.82) is 0 Å². The molecular formula is C43H46ClF5N4O6. The van der Waals surface area contributed by atoms with E-state index in [1.807, 2.05) is 0 Å². The van der Waals surface area contributed by atoms with Crippen molar-refractivity contribution in [3.05, 3.63) is 105 Å². The van der Waals surface area contributed by atoms with Crippen LogP contribution in [-0.2, 0) is 24.0 Å². The van der Waals surface area contributed by atoms with Gasteiger partial charge in [-0.15, -0.1) is 0 Å². The molecule has 2 saturated heterocycles. The van der Waals surface area contributed by atoms with Crippen LogP contribution in [0.1, 0.15) is 77.2 Å². The summed E-state index contributed by atoms with van der Waals surface area (Å²) in [6.07, 6.45) is -7.71. The third-order valence-electron chi connectivity index (χ3n) is 10.5. The predicted molar refractivity (Wildman–Crippen MR) is 212 cm³/mol. The highest BCUT2D eigenvalue weighted by molar-refractivity contribution is 6.32. The fourth-order valence-electron chi connectivity index (χ4n) is 7.83. The van der Waals surface area contributed by atoms with Gasteiger partial charge in [0.1, 0.15) is 39.6 Å². The molecular weight excluding hydrogens is 799 g/mol. The summed E-state index contributed by atoms with van der Waals surface area (Å²) in [7, 11) is 2.96. The molecule has 3 heterocycles. The number of piperazine rings is 1. The van der Waals surface area contributed by atoms with Gasteiger partial charge >= 0.3 is 12.3 Å². The first-order chi connectivity index (χ1) is 28.9. The van der Waals surface area contributed by atoms with Gasteiger partial charge in [-0.3, -0.25) is 9.69 Å². The third-order valence-corrected chi connectivity index (χ3v) is 10.8. The van der Waals surface area contributed by atoms with Crippen molar-refractivity contribution in [2.24, 2.45) is 0 Å². The van der Waals surface area contributed by atoms with Crippen molar-refractivity contribution in [3.8, 4) is 22.8 Å². The van der Waals surface area contributed by atoms with Crippen LogP contribution in [0.4, 0.5) is 32.4 Å². The summed E-state index contributed by atoms with van der Waals surface area (Å²) in [6, 6.07) is 11.6. The minimum absolute atomic E-state index is 0.0201. The zero-order valence-corrected chi connectivity index (χ0v) is 33.9. The normalized spacial score (nSPS) is 19.4. The number of hydrogen-bond acceptors (Lipinski definition) is 8. The Bertz CT molecular complexity index is 2260. The number of aliphatic hydroxyl groups is 1. The van der Waals surface area contributed by atoms with Crippen LogP contribution in [0.3, 0.4) is 0 Å². The number of nitrogens with zero attached hydrogens (tertiary/aromatic N) is 4. The van der Waals surface area contributed by atoms with Crippen molar-refractivity contribution < 1.29 is 55.0 Å². The highest BCUT2D eigenvalue weighted by Gasteiger charge is 2.52. The first kappa shape index (κ1) is 39.3. The quantitative estimate of drug-likeness (QED) is 0.125. The van der Waals surface area contributed by atoms with Crippen LogP contribution in [-0.4, -0.2) is 82.5 Å². The Kier molecular flexibility index (Phi) is 11.2. The number of hydrogen-bond donors (Lipinski definition) is 1. The summed E-state index contributed by atoms with van der Waals surface area (Å²) >= 11 is 6.56. The van der Waals surface area contributed by atoms with E-state index in [-0.39, 0.29) is 31.7 Å². The number of benzene rings is 3. The molecule has 2 fully saturated rings. The molecule has 316 valence electrons. The molecule has 6 rings (SSSR count). The van der Waals surface area contributed by atoms with Gasteiger partial charge in [0.15, 0.2) is 0 Å². The first-order valence-corrected chi connectivity index (χ1v) is 19.1. The van der Waals surface area contributed by atoms with Gasteiger partial charge in [0.2, 0.25) is 0 Å². The molecule has 0 spiro atoms. The van der Waals surface area contributed by atoms with Crippen molar-refractivity contribution in [3.63, 3.8) is 0 Å². The van der Waals surface area contributed by atoms with Gasteiger partial charge < -0.3 is 29.1 Å². The molecule has 3 aromatic carbocycles. The number of rotatable bonds is 10. The van der Waals surface area contributed by atoms with Gasteiger partial charge in [0.05, 0.1) is 55.3 Å². The minimum Gasteiger partial charge on any atom is -0.497 e. The maximum atomic E-state index is 16.6. The van der Waals surface area contributed by atoms with Gasteiger partial charge in [-0.25, -0.2) is 18.6 Å².